The number of ether oxygens (including phenoxy) is 2. The summed E-state index contributed by atoms with van der Waals surface area (Å²) in [6.07, 6.45) is 0.143. The maximum absolute atomic E-state index is 14.5. The summed E-state index contributed by atoms with van der Waals surface area (Å²) in [5, 5.41) is 2.82. The first kappa shape index (κ1) is 26.6. The van der Waals surface area contributed by atoms with Crippen LogP contribution in [0, 0.1) is 11.7 Å². The molecule has 0 radical (unpaired) electrons. The van der Waals surface area contributed by atoms with Gasteiger partial charge in [-0.2, -0.15) is 0 Å². The Morgan fingerprint density at radius 3 is 2.63 bits per heavy atom. The number of nitrogens with zero attached hydrogens (tertiary/aromatic N) is 2. The van der Waals surface area contributed by atoms with Gasteiger partial charge in [-0.05, 0) is 31.0 Å². The monoisotopic (exact) mass is 485 g/mol. The molecule has 0 bridgehead atoms. The number of carbonyl (C=O) groups is 2. The van der Waals surface area contributed by atoms with Gasteiger partial charge in [0, 0.05) is 63.6 Å². The molecule has 1 heterocycles. The van der Waals surface area contributed by atoms with Gasteiger partial charge in [-0.15, -0.1) is 0 Å². The minimum absolute atomic E-state index is 0.0787. The van der Waals surface area contributed by atoms with Crippen LogP contribution in [-0.2, 0) is 16.1 Å². The zero-order valence-electron chi connectivity index (χ0n) is 21.2. The highest BCUT2D eigenvalue weighted by Crippen LogP contribution is 2.27. The third kappa shape index (κ3) is 6.80. The summed E-state index contributed by atoms with van der Waals surface area (Å²) in [5.74, 6) is -0.0670. The fourth-order valence-electron chi connectivity index (χ4n) is 4.24. The number of halogens is 1. The summed E-state index contributed by atoms with van der Waals surface area (Å²) in [6.45, 7) is 7.62. The maximum Gasteiger partial charge on any atom is 0.257 e. The smallest absolute Gasteiger partial charge is 0.257 e. The predicted octanol–water partition coefficient (Wildman–Crippen LogP) is 4.18. The van der Waals surface area contributed by atoms with E-state index in [1.165, 1.54) is 6.07 Å². The number of amides is 2. The third-order valence-electron chi connectivity index (χ3n) is 6.51. The first-order chi connectivity index (χ1) is 16.7. The molecule has 0 aliphatic carbocycles. The van der Waals surface area contributed by atoms with Crippen LogP contribution in [0.5, 0.6) is 5.75 Å². The van der Waals surface area contributed by atoms with Gasteiger partial charge in [-0.3, -0.25) is 14.5 Å². The van der Waals surface area contributed by atoms with Gasteiger partial charge >= 0.3 is 0 Å². The average Bonchev–Trinajstić information content (AvgIpc) is 2.85. The molecule has 1 aliphatic rings. The summed E-state index contributed by atoms with van der Waals surface area (Å²) in [6, 6.07) is 11.8. The first-order valence-corrected chi connectivity index (χ1v) is 12.1. The van der Waals surface area contributed by atoms with E-state index < -0.39 is 0 Å². The Hall–Kier alpha value is -2.97. The van der Waals surface area contributed by atoms with E-state index in [-0.39, 0.29) is 42.3 Å². The number of fused-ring (bicyclic) bond motifs is 1. The van der Waals surface area contributed by atoms with E-state index in [0.29, 0.717) is 48.6 Å². The van der Waals surface area contributed by atoms with Crippen molar-refractivity contribution >= 4 is 17.5 Å². The molecule has 8 heteroatoms. The van der Waals surface area contributed by atoms with Crippen LogP contribution in [-0.4, -0.2) is 67.6 Å². The van der Waals surface area contributed by atoms with Crippen LogP contribution < -0.4 is 10.1 Å². The van der Waals surface area contributed by atoms with E-state index in [0.717, 1.165) is 0 Å². The van der Waals surface area contributed by atoms with Crippen molar-refractivity contribution in [1.82, 2.24) is 9.80 Å². The van der Waals surface area contributed by atoms with Gasteiger partial charge in [0.1, 0.15) is 18.2 Å². The number of hydrogen-bond acceptors (Lipinski definition) is 5. The van der Waals surface area contributed by atoms with E-state index >= 15 is 0 Å². The van der Waals surface area contributed by atoms with E-state index in [9.17, 15) is 14.0 Å². The van der Waals surface area contributed by atoms with E-state index in [2.05, 4.69) is 17.1 Å². The molecule has 0 spiro atoms. The van der Waals surface area contributed by atoms with Crippen LogP contribution in [0.3, 0.4) is 0 Å². The SMILES string of the molecule is CCC(=O)Nc1ccc2c(c1)OC[C@@H](C)N(Cc1ccccc1F)C[C@H](C)[C@@H](OC)CN(C)C2=O. The minimum Gasteiger partial charge on any atom is -0.491 e. The molecular weight excluding hydrogens is 449 g/mol. The van der Waals surface area contributed by atoms with Crippen LogP contribution in [0.15, 0.2) is 42.5 Å². The second-order valence-electron chi connectivity index (χ2n) is 9.23. The molecule has 7 nitrogen and oxygen atoms in total. The van der Waals surface area contributed by atoms with Crippen molar-refractivity contribution in [3.05, 3.63) is 59.4 Å². The number of likely N-dealkylation sites (N-methyl/N-ethyl adjacent to an activating group) is 1. The summed E-state index contributed by atoms with van der Waals surface area (Å²) in [7, 11) is 3.39. The van der Waals surface area contributed by atoms with Gasteiger partial charge in [-0.1, -0.05) is 32.0 Å². The van der Waals surface area contributed by atoms with Crippen LogP contribution in [0.4, 0.5) is 10.1 Å². The number of rotatable bonds is 5. The van der Waals surface area contributed by atoms with E-state index in [1.807, 2.05) is 13.0 Å². The van der Waals surface area contributed by atoms with Gasteiger partial charge < -0.3 is 19.7 Å². The van der Waals surface area contributed by atoms with Crippen molar-refractivity contribution in [1.29, 1.82) is 0 Å². The number of anilines is 1. The summed E-state index contributed by atoms with van der Waals surface area (Å²) in [5.41, 5.74) is 1.60. The van der Waals surface area contributed by atoms with Crippen molar-refractivity contribution in [3.8, 4) is 5.75 Å². The number of benzene rings is 2. The molecular formula is C27H36FN3O4. The number of carbonyl (C=O) groups excluding carboxylic acids is 2. The Bertz CT molecular complexity index is 1030. The molecule has 1 aliphatic heterocycles. The first-order valence-electron chi connectivity index (χ1n) is 12.1. The minimum atomic E-state index is -0.241. The zero-order valence-corrected chi connectivity index (χ0v) is 21.2. The Morgan fingerprint density at radius 2 is 1.94 bits per heavy atom. The third-order valence-corrected chi connectivity index (χ3v) is 6.51. The molecule has 0 saturated heterocycles. The molecule has 2 aromatic rings. The van der Waals surface area contributed by atoms with Crippen LogP contribution >= 0.6 is 0 Å². The predicted molar refractivity (Wildman–Crippen MR) is 134 cm³/mol. The molecule has 0 unspecified atom stereocenters. The van der Waals surface area contributed by atoms with Gasteiger partial charge in [-0.25, -0.2) is 4.39 Å². The lowest BCUT2D eigenvalue weighted by Gasteiger charge is -2.36. The Morgan fingerprint density at radius 1 is 1.20 bits per heavy atom. The topological polar surface area (TPSA) is 71.1 Å². The zero-order chi connectivity index (χ0) is 25.5. The van der Waals surface area contributed by atoms with Gasteiger partial charge in [0.05, 0.1) is 11.7 Å². The quantitative estimate of drug-likeness (QED) is 0.688. The molecule has 0 saturated carbocycles. The number of methoxy groups -OCH3 is 1. The highest BCUT2D eigenvalue weighted by Gasteiger charge is 2.28. The average molecular weight is 486 g/mol. The second kappa shape index (κ2) is 12.1. The van der Waals surface area contributed by atoms with Crippen molar-refractivity contribution in [3.63, 3.8) is 0 Å². The highest BCUT2D eigenvalue weighted by atomic mass is 19.1. The molecule has 0 aromatic heterocycles. The highest BCUT2D eigenvalue weighted by molar-refractivity contribution is 5.98. The lowest BCUT2D eigenvalue weighted by molar-refractivity contribution is -0.115. The van der Waals surface area contributed by atoms with Crippen molar-refractivity contribution in [2.24, 2.45) is 5.92 Å². The summed E-state index contributed by atoms with van der Waals surface area (Å²) >= 11 is 0. The molecule has 0 fully saturated rings. The van der Waals surface area contributed by atoms with Crippen molar-refractivity contribution in [2.45, 2.75) is 45.9 Å². The largest absolute Gasteiger partial charge is 0.491 e. The molecule has 2 aromatic carbocycles. The Kier molecular flexibility index (Phi) is 9.23. The van der Waals surface area contributed by atoms with Crippen LogP contribution in [0.1, 0.15) is 43.1 Å². The summed E-state index contributed by atoms with van der Waals surface area (Å²) in [4.78, 5) is 29.0. The van der Waals surface area contributed by atoms with Gasteiger partial charge in [0.25, 0.3) is 5.91 Å². The second-order valence-corrected chi connectivity index (χ2v) is 9.23. The van der Waals surface area contributed by atoms with Crippen molar-refractivity contribution in [2.75, 3.05) is 39.2 Å². The summed E-state index contributed by atoms with van der Waals surface area (Å²) < 4.78 is 26.4. The fraction of sp³-hybridized carbons (Fsp3) is 0.481. The Labute approximate surface area is 207 Å². The molecule has 35 heavy (non-hydrogen) atoms. The molecule has 190 valence electrons. The van der Waals surface area contributed by atoms with Crippen LogP contribution in [0.25, 0.3) is 0 Å². The standard InChI is InChI=1S/C27H36FN3O4/c1-6-26(32)29-21-11-12-22-24(13-21)35-17-19(3)31(15-20-9-7-8-10-23(20)28)14-18(2)25(34-5)16-30(4)27(22)33/h7-13,18-19,25H,6,14-17H2,1-5H3,(H,29,32)/t18-,19+,25-/m0/s1. The van der Waals surface area contributed by atoms with Gasteiger partial charge in [0.15, 0.2) is 0 Å². The number of nitrogens with one attached hydrogen (secondary N) is 1. The molecule has 3 rings (SSSR count). The molecule has 3 atom stereocenters. The van der Waals surface area contributed by atoms with Crippen molar-refractivity contribution < 1.29 is 23.5 Å². The molecule has 2 amide bonds. The lowest BCUT2D eigenvalue weighted by Crippen LogP contribution is -2.46. The lowest BCUT2D eigenvalue weighted by atomic mass is 10.0. The van der Waals surface area contributed by atoms with Gasteiger partial charge in [0.2, 0.25) is 5.91 Å². The molecule has 1 N–H and O–H groups in total. The van der Waals surface area contributed by atoms with Crippen LogP contribution in [0.2, 0.25) is 0 Å². The normalized spacial score (nSPS) is 21.9. The maximum atomic E-state index is 14.5. The van der Waals surface area contributed by atoms with E-state index in [1.54, 1.807) is 56.3 Å². The number of hydrogen-bond donors (Lipinski definition) is 1. The Balaban J connectivity index is 1.95. The fourth-order valence-corrected chi connectivity index (χ4v) is 4.24. The van der Waals surface area contributed by atoms with E-state index in [4.69, 9.17) is 9.47 Å².